The molecule has 0 aliphatic carbocycles. The molecule has 0 radical (unpaired) electrons. The number of nitrogens with zero attached hydrogens (tertiary/aromatic N) is 2. The maximum atomic E-state index is 12.4. The molecule has 7 heteroatoms. The summed E-state index contributed by atoms with van der Waals surface area (Å²) in [7, 11) is 0. The second-order valence-electron chi connectivity index (χ2n) is 7.30. The van der Waals surface area contributed by atoms with Crippen LogP contribution in [-0.2, 0) is 0 Å². The Morgan fingerprint density at radius 3 is 2.81 bits per heavy atom. The van der Waals surface area contributed by atoms with Gasteiger partial charge in [-0.1, -0.05) is 31.5 Å². The molecule has 7 nitrogen and oxygen atoms in total. The van der Waals surface area contributed by atoms with Crippen LogP contribution in [0, 0.1) is 6.92 Å². The number of ether oxygens (including phenoxy) is 1. The Morgan fingerprint density at radius 2 is 2.00 bits per heavy atom. The second-order valence-corrected chi connectivity index (χ2v) is 7.30. The van der Waals surface area contributed by atoms with Crippen LogP contribution in [0.1, 0.15) is 41.5 Å². The quantitative estimate of drug-likeness (QED) is 0.219. The van der Waals surface area contributed by atoms with Gasteiger partial charge >= 0.3 is 0 Å². The number of aromatic amines is 2. The van der Waals surface area contributed by atoms with Crippen LogP contribution in [0.4, 0.5) is 0 Å². The SMILES string of the molecule is CCCCOc1ccc(-c2cc(C(=O)NN=Cc3c(C)[nH]c4ccccc34)[nH]n2)cc1. The monoisotopic (exact) mass is 415 g/mol. The van der Waals surface area contributed by atoms with Crippen LogP contribution in [-0.4, -0.2) is 33.9 Å². The van der Waals surface area contributed by atoms with Gasteiger partial charge in [-0.15, -0.1) is 0 Å². The van der Waals surface area contributed by atoms with Gasteiger partial charge in [0.15, 0.2) is 0 Å². The number of hydrogen-bond donors (Lipinski definition) is 3. The molecule has 0 spiro atoms. The number of aromatic nitrogens is 3. The first-order valence-corrected chi connectivity index (χ1v) is 10.3. The zero-order chi connectivity index (χ0) is 21.6. The molecule has 0 saturated heterocycles. The smallest absolute Gasteiger partial charge is 0.289 e. The summed E-state index contributed by atoms with van der Waals surface area (Å²) in [4.78, 5) is 15.8. The van der Waals surface area contributed by atoms with Crippen LogP contribution in [0.25, 0.3) is 22.2 Å². The van der Waals surface area contributed by atoms with E-state index < -0.39 is 0 Å². The number of H-pyrrole nitrogens is 2. The Hall–Kier alpha value is -3.87. The van der Waals surface area contributed by atoms with Crippen molar-refractivity contribution in [2.24, 2.45) is 5.10 Å². The molecule has 0 bridgehead atoms. The van der Waals surface area contributed by atoms with E-state index in [1.807, 2.05) is 55.5 Å². The van der Waals surface area contributed by atoms with Crippen LogP contribution in [0.2, 0.25) is 0 Å². The topological polar surface area (TPSA) is 95.2 Å². The van der Waals surface area contributed by atoms with Gasteiger partial charge in [-0.3, -0.25) is 9.89 Å². The number of fused-ring (bicyclic) bond motifs is 1. The molecule has 0 unspecified atom stereocenters. The van der Waals surface area contributed by atoms with E-state index in [4.69, 9.17) is 4.74 Å². The van der Waals surface area contributed by atoms with E-state index in [0.717, 1.165) is 46.3 Å². The molecule has 0 fully saturated rings. The van der Waals surface area contributed by atoms with Crippen LogP contribution in [0.3, 0.4) is 0 Å². The standard InChI is InChI=1S/C24H25N5O2/c1-3-4-13-31-18-11-9-17(10-12-18)22-14-23(28-27-22)24(30)29-25-15-20-16(2)26-21-8-6-5-7-19(20)21/h5-12,14-15,26H,3-4,13H2,1-2H3,(H,27,28)(H,29,30). The number of rotatable bonds is 8. The number of carbonyl (C=O) groups is 1. The summed E-state index contributed by atoms with van der Waals surface area (Å²) in [6.45, 7) is 4.82. The first kappa shape index (κ1) is 20.4. The summed E-state index contributed by atoms with van der Waals surface area (Å²) in [5, 5.41) is 12.2. The summed E-state index contributed by atoms with van der Waals surface area (Å²) >= 11 is 0. The van der Waals surface area contributed by atoms with Gasteiger partial charge in [-0.05, 0) is 49.7 Å². The molecule has 2 aromatic carbocycles. The van der Waals surface area contributed by atoms with Crippen molar-refractivity contribution in [3.05, 3.63) is 71.5 Å². The highest BCUT2D eigenvalue weighted by molar-refractivity contribution is 6.01. The highest BCUT2D eigenvalue weighted by Crippen LogP contribution is 2.22. The van der Waals surface area contributed by atoms with Gasteiger partial charge in [-0.2, -0.15) is 10.2 Å². The third-order valence-electron chi connectivity index (χ3n) is 5.04. The molecule has 2 heterocycles. The molecule has 1 amide bonds. The molecule has 2 aromatic heterocycles. The number of hydrazone groups is 1. The van der Waals surface area contributed by atoms with E-state index in [0.29, 0.717) is 18.0 Å². The van der Waals surface area contributed by atoms with Crippen molar-refractivity contribution in [2.45, 2.75) is 26.7 Å². The van der Waals surface area contributed by atoms with Gasteiger partial charge < -0.3 is 9.72 Å². The molecular formula is C24H25N5O2. The fourth-order valence-electron chi connectivity index (χ4n) is 3.32. The predicted molar refractivity (Wildman–Crippen MR) is 123 cm³/mol. The van der Waals surface area contributed by atoms with E-state index in [1.54, 1.807) is 12.3 Å². The third kappa shape index (κ3) is 4.66. The Kier molecular flexibility index (Phi) is 6.12. The van der Waals surface area contributed by atoms with Crippen LogP contribution in [0.5, 0.6) is 5.75 Å². The lowest BCUT2D eigenvalue weighted by atomic mass is 10.1. The van der Waals surface area contributed by atoms with Crippen molar-refractivity contribution >= 4 is 23.0 Å². The van der Waals surface area contributed by atoms with Crippen molar-refractivity contribution in [1.29, 1.82) is 0 Å². The number of unbranched alkanes of at least 4 members (excludes halogenated alkanes) is 1. The van der Waals surface area contributed by atoms with Gasteiger partial charge in [0, 0.05) is 27.7 Å². The van der Waals surface area contributed by atoms with E-state index in [9.17, 15) is 4.79 Å². The number of hydrogen-bond acceptors (Lipinski definition) is 4. The van der Waals surface area contributed by atoms with E-state index >= 15 is 0 Å². The summed E-state index contributed by atoms with van der Waals surface area (Å²) in [5.41, 5.74) is 7.45. The van der Waals surface area contributed by atoms with Gasteiger partial charge in [0.2, 0.25) is 0 Å². The average Bonchev–Trinajstić information content (AvgIpc) is 3.39. The number of carbonyl (C=O) groups excluding carboxylic acids is 1. The Bertz CT molecular complexity index is 1200. The highest BCUT2D eigenvalue weighted by atomic mass is 16.5. The lowest BCUT2D eigenvalue weighted by molar-refractivity contribution is 0.0950. The fraction of sp³-hybridized carbons (Fsp3) is 0.208. The molecule has 158 valence electrons. The van der Waals surface area contributed by atoms with E-state index in [1.165, 1.54) is 0 Å². The summed E-state index contributed by atoms with van der Waals surface area (Å²) in [5.74, 6) is 0.472. The normalized spacial score (nSPS) is 11.3. The second kappa shape index (κ2) is 9.30. The molecule has 0 aliphatic heterocycles. The van der Waals surface area contributed by atoms with Crippen molar-refractivity contribution in [3.8, 4) is 17.0 Å². The first-order valence-electron chi connectivity index (χ1n) is 10.3. The highest BCUT2D eigenvalue weighted by Gasteiger charge is 2.11. The lowest BCUT2D eigenvalue weighted by Crippen LogP contribution is -2.18. The molecule has 0 atom stereocenters. The average molecular weight is 415 g/mol. The molecule has 4 rings (SSSR count). The zero-order valence-corrected chi connectivity index (χ0v) is 17.6. The number of para-hydroxylation sites is 1. The number of aryl methyl sites for hydroxylation is 1. The minimum Gasteiger partial charge on any atom is -0.494 e. The molecule has 4 aromatic rings. The molecule has 0 aliphatic rings. The third-order valence-corrected chi connectivity index (χ3v) is 5.04. The fourth-order valence-corrected chi connectivity index (χ4v) is 3.32. The van der Waals surface area contributed by atoms with Crippen molar-refractivity contribution in [3.63, 3.8) is 0 Å². The summed E-state index contributed by atoms with van der Waals surface area (Å²) in [6, 6.07) is 17.4. The van der Waals surface area contributed by atoms with Gasteiger partial charge in [0.1, 0.15) is 11.4 Å². The van der Waals surface area contributed by atoms with Crippen molar-refractivity contribution in [2.75, 3.05) is 6.61 Å². The number of benzene rings is 2. The molecule has 0 saturated carbocycles. The largest absolute Gasteiger partial charge is 0.494 e. The Labute approximate surface area is 180 Å². The Morgan fingerprint density at radius 1 is 1.19 bits per heavy atom. The van der Waals surface area contributed by atoms with Crippen LogP contribution in [0.15, 0.2) is 59.7 Å². The minimum absolute atomic E-state index is 0.339. The molecule has 31 heavy (non-hydrogen) atoms. The summed E-state index contributed by atoms with van der Waals surface area (Å²) in [6.07, 6.45) is 3.78. The number of amides is 1. The predicted octanol–water partition coefficient (Wildman–Crippen LogP) is 4.81. The van der Waals surface area contributed by atoms with Gasteiger partial charge in [-0.25, -0.2) is 5.43 Å². The molecular weight excluding hydrogens is 390 g/mol. The zero-order valence-electron chi connectivity index (χ0n) is 17.6. The van der Waals surface area contributed by atoms with Crippen molar-refractivity contribution < 1.29 is 9.53 Å². The minimum atomic E-state index is -0.355. The van der Waals surface area contributed by atoms with Crippen LogP contribution >= 0.6 is 0 Å². The Balaban J connectivity index is 1.40. The van der Waals surface area contributed by atoms with Gasteiger partial charge in [0.25, 0.3) is 5.91 Å². The van der Waals surface area contributed by atoms with E-state index in [2.05, 4.69) is 32.6 Å². The van der Waals surface area contributed by atoms with Crippen LogP contribution < -0.4 is 10.2 Å². The number of nitrogens with one attached hydrogen (secondary N) is 3. The van der Waals surface area contributed by atoms with Gasteiger partial charge in [0.05, 0.1) is 18.5 Å². The van der Waals surface area contributed by atoms with Crippen molar-refractivity contribution in [1.82, 2.24) is 20.6 Å². The maximum Gasteiger partial charge on any atom is 0.289 e. The maximum absolute atomic E-state index is 12.4. The lowest BCUT2D eigenvalue weighted by Gasteiger charge is -2.05. The van der Waals surface area contributed by atoms with E-state index in [-0.39, 0.29) is 5.91 Å². The molecule has 3 N–H and O–H groups in total. The first-order chi connectivity index (χ1) is 15.2. The summed E-state index contributed by atoms with van der Waals surface area (Å²) < 4.78 is 5.68.